The monoisotopic (exact) mass is 443 g/mol. The Kier molecular flexibility index (Phi) is 7.55. The number of aromatic nitrogens is 1. The van der Waals surface area contributed by atoms with Crippen LogP contribution in [0.3, 0.4) is 0 Å². The van der Waals surface area contributed by atoms with Crippen LogP contribution in [-0.4, -0.2) is 30.9 Å². The second-order valence-electron chi connectivity index (χ2n) is 6.31. The van der Waals surface area contributed by atoms with Gasteiger partial charge in [-0.1, -0.05) is 29.5 Å². The Morgan fingerprint density at radius 2 is 2.06 bits per heavy atom. The Bertz CT molecular complexity index is 1080. The summed E-state index contributed by atoms with van der Waals surface area (Å²) in [5.74, 6) is 0.269. The van der Waals surface area contributed by atoms with Gasteiger partial charge in [-0.05, 0) is 43.7 Å². The van der Waals surface area contributed by atoms with Crippen molar-refractivity contribution in [2.75, 3.05) is 19.1 Å². The first-order valence-electron chi connectivity index (χ1n) is 9.49. The van der Waals surface area contributed by atoms with Gasteiger partial charge in [-0.3, -0.25) is 5.43 Å². The quantitative estimate of drug-likeness (QED) is 0.291. The van der Waals surface area contributed by atoms with E-state index in [1.54, 1.807) is 56.5 Å². The zero-order valence-corrected chi connectivity index (χ0v) is 18.2. The van der Waals surface area contributed by atoms with Crippen LogP contribution in [0.5, 0.6) is 11.5 Å². The van der Waals surface area contributed by atoms with Crippen molar-refractivity contribution in [2.45, 2.75) is 20.5 Å². The Balaban J connectivity index is 1.64. The predicted octanol–water partition coefficient (Wildman–Crippen LogP) is 4.80. The number of rotatable bonds is 9. The lowest BCUT2D eigenvalue weighted by atomic mass is 10.2. The van der Waals surface area contributed by atoms with Gasteiger partial charge in [0.2, 0.25) is 5.13 Å². The van der Waals surface area contributed by atoms with E-state index in [0.29, 0.717) is 39.4 Å². The number of esters is 1. The minimum absolute atomic E-state index is 0.0875. The predicted molar refractivity (Wildman–Crippen MR) is 118 cm³/mol. The van der Waals surface area contributed by atoms with E-state index in [1.807, 2.05) is 0 Å². The standard InChI is InChI=1S/C22H22FN3O4S/c1-4-29-21(27)20-14(2)25-22(31-20)26-24-12-15-9-10-18(19(11-15)28-3)30-13-16-7-5-6-8-17(16)23/h5-12H,4,13H2,1-3H3,(H,25,26)/b24-12+. The Morgan fingerprint density at radius 3 is 2.81 bits per heavy atom. The van der Waals surface area contributed by atoms with Gasteiger partial charge in [0.25, 0.3) is 0 Å². The fourth-order valence-electron chi connectivity index (χ4n) is 2.65. The third-order valence-electron chi connectivity index (χ3n) is 4.16. The molecule has 3 aromatic rings. The van der Waals surface area contributed by atoms with Gasteiger partial charge in [0.15, 0.2) is 11.5 Å². The molecule has 7 nitrogen and oxygen atoms in total. The molecule has 1 aromatic heterocycles. The number of hydrogen-bond donors (Lipinski definition) is 1. The molecule has 0 atom stereocenters. The average Bonchev–Trinajstić information content (AvgIpc) is 3.14. The van der Waals surface area contributed by atoms with E-state index >= 15 is 0 Å². The zero-order chi connectivity index (χ0) is 22.2. The fraction of sp³-hybridized carbons (Fsp3) is 0.227. The SMILES string of the molecule is CCOC(=O)c1sc(N/N=C/c2ccc(OCc3ccccc3F)c(OC)c2)nc1C. The van der Waals surface area contributed by atoms with Crippen molar-refractivity contribution in [2.24, 2.45) is 5.10 Å². The van der Waals surface area contributed by atoms with E-state index in [-0.39, 0.29) is 12.4 Å². The maximum absolute atomic E-state index is 13.8. The summed E-state index contributed by atoms with van der Waals surface area (Å²) < 4.78 is 29.8. The smallest absolute Gasteiger partial charge is 0.350 e. The van der Waals surface area contributed by atoms with Crippen molar-refractivity contribution in [3.8, 4) is 11.5 Å². The maximum atomic E-state index is 13.8. The number of hydrazone groups is 1. The maximum Gasteiger partial charge on any atom is 0.350 e. The van der Waals surface area contributed by atoms with Gasteiger partial charge in [0.1, 0.15) is 17.3 Å². The van der Waals surface area contributed by atoms with Crippen LogP contribution in [0.25, 0.3) is 0 Å². The number of carbonyl (C=O) groups excluding carboxylic acids is 1. The molecule has 0 saturated carbocycles. The molecule has 0 fully saturated rings. The lowest BCUT2D eigenvalue weighted by Crippen LogP contribution is -2.03. The molecule has 162 valence electrons. The highest BCUT2D eigenvalue weighted by molar-refractivity contribution is 7.17. The molecule has 0 spiro atoms. The highest BCUT2D eigenvalue weighted by Crippen LogP contribution is 2.29. The molecule has 3 rings (SSSR count). The summed E-state index contributed by atoms with van der Waals surface area (Å²) in [5, 5.41) is 4.64. The Labute approximate surface area is 183 Å². The Morgan fingerprint density at radius 1 is 1.26 bits per heavy atom. The molecule has 0 saturated heterocycles. The molecule has 0 unspecified atom stereocenters. The third-order valence-corrected chi connectivity index (χ3v) is 5.20. The van der Waals surface area contributed by atoms with Gasteiger partial charge in [0, 0.05) is 5.56 Å². The number of anilines is 1. The van der Waals surface area contributed by atoms with E-state index in [2.05, 4.69) is 15.5 Å². The van der Waals surface area contributed by atoms with Crippen molar-refractivity contribution in [3.63, 3.8) is 0 Å². The lowest BCUT2D eigenvalue weighted by molar-refractivity contribution is 0.0531. The van der Waals surface area contributed by atoms with Gasteiger partial charge >= 0.3 is 5.97 Å². The molecule has 9 heteroatoms. The van der Waals surface area contributed by atoms with E-state index < -0.39 is 5.97 Å². The minimum Gasteiger partial charge on any atom is -0.493 e. The highest BCUT2D eigenvalue weighted by Gasteiger charge is 2.16. The molecule has 1 N–H and O–H groups in total. The van der Waals surface area contributed by atoms with E-state index in [0.717, 1.165) is 5.56 Å². The van der Waals surface area contributed by atoms with E-state index in [4.69, 9.17) is 14.2 Å². The fourth-order valence-corrected chi connectivity index (χ4v) is 3.46. The summed E-state index contributed by atoms with van der Waals surface area (Å²) in [7, 11) is 1.53. The van der Waals surface area contributed by atoms with Crippen LogP contribution in [0.4, 0.5) is 9.52 Å². The summed E-state index contributed by atoms with van der Waals surface area (Å²) in [6.45, 7) is 3.88. The molecule has 0 radical (unpaired) electrons. The van der Waals surface area contributed by atoms with Gasteiger partial charge in [0.05, 0.1) is 25.6 Å². The number of carbonyl (C=O) groups is 1. The van der Waals surface area contributed by atoms with Crippen LogP contribution in [-0.2, 0) is 11.3 Å². The Hall–Kier alpha value is -3.46. The van der Waals surface area contributed by atoms with Gasteiger partial charge in [-0.2, -0.15) is 5.10 Å². The molecular weight excluding hydrogens is 421 g/mol. The number of benzene rings is 2. The van der Waals surface area contributed by atoms with Crippen LogP contribution in [0, 0.1) is 12.7 Å². The van der Waals surface area contributed by atoms with Crippen molar-refractivity contribution in [1.29, 1.82) is 0 Å². The van der Waals surface area contributed by atoms with Crippen LogP contribution in [0.1, 0.15) is 33.4 Å². The van der Waals surface area contributed by atoms with Crippen molar-refractivity contribution in [3.05, 3.63) is 70.0 Å². The molecule has 0 aliphatic heterocycles. The van der Waals surface area contributed by atoms with Gasteiger partial charge in [-0.15, -0.1) is 0 Å². The van der Waals surface area contributed by atoms with Crippen molar-refractivity contribution >= 4 is 28.7 Å². The normalized spacial score (nSPS) is 10.8. The number of ether oxygens (including phenoxy) is 3. The molecule has 0 aliphatic rings. The minimum atomic E-state index is -0.398. The number of nitrogens with one attached hydrogen (secondary N) is 1. The second-order valence-corrected chi connectivity index (χ2v) is 7.31. The van der Waals surface area contributed by atoms with Crippen molar-refractivity contribution < 1.29 is 23.4 Å². The third kappa shape index (κ3) is 5.79. The van der Waals surface area contributed by atoms with Gasteiger partial charge in [-0.25, -0.2) is 14.2 Å². The van der Waals surface area contributed by atoms with Crippen molar-refractivity contribution in [1.82, 2.24) is 4.98 Å². The number of thiazole rings is 1. The number of nitrogens with zero attached hydrogens (tertiary/aromatic N) is 2. The zero-order valence-electron chi connectivity index (χ0n) is 17.3. The molecule has 1 heterocycles. The first-order chi connectivity index (χ1) is 15.0. The van der Waals surface area contributed by atoms with Crippen LogP contribution in [0.2, 0.25) is 0 Å². The van der Waals surface area contributed by atoms with E-state index in [9.17, 15) is 9.18 Å². The van der Waals surface area contributed by atoms with Crippen LogP contribution >= 0.6 is 11.3 Å². The number of methoxy groups -OCH3 is 1. The molecular formula is C22H22FN3O4S. The lowest BCUT2D eigenvalue weighted by Gasteiger charge is -2.11. The number of hydrogen-bond acceptors (Lipinski definition) is 8. The summed E-state index contributed by atoms with van der Waals surface area (Å²) >= 11 is 1.17. The number of aryl methyl sites for hydroxylation is 1. The van der Waals surface area contributed by atoms with Gasteiger partial charge < -0.3 is 14.2 Å². The molecule has 31 heavy (non-hydrogen) atoms. The van der Waals surface area contributed by atoms with E-state index in [1.165, 1.54) is 24.5 Å². The summed E-state index contributed by atoms with van der Waals surface area (Å²) in [4.78, 5) is 16.6. The average molecular weight is 444 g/mol. The summed E-state index contributed by atoms with van der Waals surface area (Å²) in [6, 6.07) is 11.7. The largest absolute Gasteiger partial charge is 0.493 e. The van der Waals surface area contributed by atoms with Crippen LogP contribution < -0.4 is 14.9 Å². The number of halogens is 1. The highest BCUT2D eigenvalue weighted by atomic mass is 32.1. The first-order valence-corrected chi connectivity index (χ1v) is 10.3. The summed E-state index contributed by atoms with van der Waals surface area (Å²) in [6.07, 6.45) is 1.59. The molecule has 0 amide bonds. The van der Waals surface area contributed by atoms with Crippen LogP contribution in [0.15, 0.2) is 47.6 Å². The second kappa shape index (κ2) is 10.5. The molecule has 0 bridgehead atoms. The molecule has 2 aromatic carbocycles. The molecule has 0 aliphatic carbocycles. The topological polar surface area (TPSA) is 82.0 Å². The first kappa shape index (κ1) is 22.2. The summed E-state index contributed by atoms with van der Waals surface area (Å²) in [5.41, 5.74) is 4.60.